The van der Waals surface area contributed by atoms with Gasteiger partial charge >= 0.3 is 11.9 Å². The molecule has 2 aromatic heterocycles. The Labute approximate surface area is 236 Å². The molecule has 1 aliphatic heterocycles. The molecule has 0 radical (unpaired) electrons. The summed E-state index contributed by atoms with van der Waals surface area (Å²) >= 11 is 0.943. The standard InChI is InChI=1S/C29H31N3O7S/c1-6-38-28(36)26-17(4)31-29(40-26)32-23(19-7-8-20(21(15-19)37-5)39-14-11-16(2)3)22(25(34)27(32)35)24(33)18-9-12-30-13-10-18/h7-10,12-13,15-16,23,33H,6,11,14H2,1-5H3/b24-22+. The third kappa shape index (κ3) is 5.69. The van der Waals surface area contributed by atoms with Crippen LogP contribution in [0, 0.1) is 12.8 Å². The van der Waals surface area contributed by atoms with E-state index in [2.05, 4.69) is 23.8 Å². The molecule has 11 heteroatoms. The normalized spacial score (nSPS) is 16.4. The second-order valence-electron chi connectivity index (χ2n) is 9.48. The van der Waals surface area contributed by atoms with Crippen molar-refractivity contribution < 1.29 is 33.7 Å². The molecule has 0 saturated carbocycles. The highest BCUT2D eigenvalue weighted by Gasteiger charge is 2.48. The monoisotopic (exact) mass is 565 g/mol. The van der Waals surface area contributed by atoms with Gasteiger partial charge in [-0.1, -0.05) is 31.3 Å². The number of amides is 1. The van der Waals surface area contributed by atoms with E-state index in [-0.39, 0.29) is 27.9 Å². The average Bonchev–Trinajstić information content (AvgIpc) is 3.45. The Balaban J connectivity index is 1.86. The quantitative estimate of drug-likeness (QED) is 0.155. The van der Waals surface area contributed by atoms with E-state index in [9.17, 15) is 19.5 Å². The van der Waals surface area contributed by atoms with E-state index in [1.165, 1.54) is 24.4 Å². The van der Waals surface area contributed by atoms with Crippen LogP contribution in [0.4, 0.5) is 5.13 Å². The van der Waals surface area contributed by atoms with Gasteiger partial charge in [0, 0.05) is 18.0 Å². The Morgan fingerprint density at radius 1 is 1.15 bits per heavy atom. The second kappa shape index (κ2) is 12.3. The van der Waals surface area contributed by atoms with E-state index >= 15 is 0 Å². The van der Waals surface area contributed by atoms with Crippen molar-refractivity contribution in [3.63, 3.8) is 0 Å². The lowest BCUT2D eigenvalue weighted by atomic mass is 9.95. The van der Waals surface area contributed by atoms with Crippen molar-refractivity contribution in [2.45, 2.75) is 40.2 Å². The number of thiazole rings is 1. The highest BCUT2D eigenvalue weighted by Crippen LogP contribution is 2.45. The first-order chi connectivity index (χ1) is 19.2. The summed E-state index contributed by atoms with van der Waals surface area (Å²) in [7, 11) is 1.50. The van der Waals surface area contributed by atoms with Gasteiger partial charge in [0.25, 0.3) is 5.78 Å². The van der Waals surface area contributed by atoms with Crippen molar-refractivity contribution in [2.75, 3.05) is 25.2 Å². The molecular weight excluding hydrogens is 534 g/mol. The number of hydrogen-bond donors (Lipinski definition) is 1. The first-order valence-electron chi connectivity index (χ1n) is 12.8. The molecule has 0 aliphatic carbocycles. The number of ketones is 1. The third-order valence-electron chi connectivity index (χ3n) is 6.31. The number of aliphatic hydroxyl groups is 1. The number of esters is 1. The Morgan fingerprint density at radius 2 is 1.88 bits per heavy atom. The molecule has 210 valence electrons. The second-order valence-corrected chi connectivity index (χ2v) is 10.5. The fourth-order valence-corrected chi connectivity index (χ4v) is 5.25. The van der Waals surface area contributed by atoms with E-state index in [0.717, 1.165) is 17.8 Å². The maximum absolute atomic E-state index is 13.5. The van der Waals surface area contributed by atoms with Crippen molar-refractivity contribution in [3.8, 4) is 11.5 Å². The maximum atomic E-state index is 13.5. The molecule has 1 amide bonds. The van der Waals surface area contributed by atoms with Crippen molar-refractivity contribution in [2.24, 2.45) is 5.92 Å². The van der Waals surface area contributed by atoms with Crippen molar-refractivity contribution in [3.05, 3.63) is 70.0 Å². The van der Waals surface area contributed by atoms with E-state index in [4.69, 9.17) is 14.2 Å². The lowest BCUT2D eigenvalue weighted by Gasteiger charge is -2.24. The van der Waals surface area contributed by atoms with Crippen LogP contribution in [0.2, 0.25) is 0 Å². The Hall–Kier alpha value is -4.25. The zero-order valence-corrected chi connectivity index (χ0v) is 23.8. The lowest BCUT2D eigenvalue weighted by Crippen LogP contribution is -2.29. The molecule has 1 fully saturated rings. The van der Waals surface area contributed by atoms with Gasteiger partial charge in [0.1, 0.15) is 10.6 Å². The summed E-state index contributed by atoms with van der Waals surface area (Å²) in [6.07, 6.45) is 3.80. The van der Waals surface area contributed by atoms with Gasteiger partial charge in [-0.25, -0.2) is 9.78 Å². The van der Waals surface area contributed by atoms with Crippen molar-refractivity contribution >= 4 is 39.9 Å². The number of hydrogen-bond acceptors (Lipinski definition) is 10. The molecule has 1 aromatic carbocycles. The summed E-state index contributed by atoms with van der Waals surface area (Å²) in [5, 5.41) is 11.4. The fraction of sp³-hybridized carbons (Fsp3) is 0.345. The molecule has 3 heterocycles. The van der Waals surface area contributed by atoms with Gasteiger partial charge in [0.05, 0.1) is 37.6 Å². The van der Waals surface area contributed by atoms with Crippen LogP contribution in [0.15, 0.2) is 48.3 Å². The molecule has 40 heavy (non-hydrogen) atoms. The maximum Gasteiger partial charge on any atom is 0.350 e. The number of carbonyl (C=O) groups is 3. The SMILES string of the molecule is CCOC(=O)c1sc(N2C(=O)C(=O)/C(=C(/O)c3ccncc3)C2c2ccc(OCCC(C)C)c(OC)c2)nc1C. The van der Waals surface area contributed by atoms with Crippen LogP contribution in [-0.4, -0.2) is 53.1 Å². The molecule has 3 aromatic rings. The lowest BCUT2D eigenvalue weighted by molar-refractivity contribution is -0.132. The number of benzene rings is 1. The van der Waals surface area contributed by atoms with Crippen LogP contribution in [0.5, 0.6) is 11.5 Å². The number of aliphatic hydroxyl groups excluding tert-OH is 1. The van der Waals surface area contributed by atoms with E-state index < -0.39 is 23.7 Å². The first kappa shape index (κ1) is 28.8. The number of anilines is 1. The Morgan fingerprint density at radius 3 is 2.52 bits per heavy atom. The molecule has 0 spiro atoms. The summed E-state index contributed by atoms with van der Waals surface area (Å²) in [5.74, 6) is -1.34. The molecule has 10 nitrogen and oxygen atoms in total. The zero-order chi connectivity index (χ0) is 29.0. The van der Waals surface area contributed by atoms with E-state index in [1.807, 2.05) is 0 Å². The highest BCUT2D eigenvalue weighted by atomic mass is 32.1. The van der Waals surface area contributed by atoms with Crippen LogP contribution in [0.3, 0.4) is 0 Å². The predicted molar refractivity (Wildman–Crippen MR) is 150 cm³/mol. The largest absolute Gasteiger partial charge is 0.507 e. The van der Waals surface area contributed by atoms with Gasteiger partial charge in [-0.2, -0.15) is 0 Å². The molecule has 1 N–H and O–H groups in total. The molecule has 1 saturated heterocycles. The Bertz CT molecular complexity index is 1450. The molecule has 1 aliphatic rings. The number of methoxy groups -OCH3 is 1. The summed E-state index contributed by atoms with van der Waals surface area (Å²) in [6.45, 7) is 8.18. The van der Waals surface area contributed by atoms with E-state index in [1.54, 1.807) is 44.2 Å². The summed E-state index contributed by atoms with van der Waals surface area (Å²) in [4.78, 5) is 49.2. The summed E-state index contributed by atoms with van der Waals surface area (Å²) < 4.78 is 16.6. The molecule has 0 bridgehead atoms. The number of aryl methyl sites for hydroxylation is 1. The number of carbonyl (C=O) groups excluding carboxylic acids is 3. The average molecular weight is 566 g/mol. The van der Waals surface area contributed by atoms with Crippen LogP contribution in [-0.2, 0) is 14.3 Å². The number of rotatable bonds is 10. The van der Waals surface area contributed by atoms with Crippen LogP contribution < -0.4 is 14.4 Å². The summed E-state index contributed by atoms with van der Waals surface area (Å²) in [6, 6.07) is 7.10. The predicted octanol–water partition coefficient (Wildman–Crippen LogP) is 5.08. The summed E-state index contributed by atoms with van der Waals surface area (Å²) in [5.41, 5.74) is 1.03. The molecule has 4 rings (SSSR count). The third-order valence-corrected chi connectivity index (χ3v) is 7.44. The van der Waals surface area contributed by atoms with Gasteiger partial charge in [0.2, 0.25) is 0 Å². The number of Topliss-reactive ketones (excluding diaryl/α,β-unsaturated/α-hetero) is 1. The minimum absolute atomic E-state index is 0.123. The number of ether oxygens (including phenoxy) is 3. The van der Waals surface area contributed by atoms with E-state index in [0.29, 0.717) is 40.8 Å². The number of nitrogens with zero attached hydrogens (tertiary/aromatic N) is 3. The van der Waals surface area contributed by atoms with Gasteiger partial charge < -0.3 is 19.3 Å². The smallest absolute Gasteiger partial charge is 0.350 e. The fourth-order valence-electron chi connectivity index (χ4n) is 4.26. The first-order valence-corrected chi connectivity index (χ1v) is 13.7. The van der Waals surface area contributed by atoms with Crippen LogP contribution >= 0.6 is 11.3 Å². The molecule has 1 unspecified atom stereocenters. The van der Waals surface area contributed by atoms with Crippen molar-refractivity contribution in [1.82, 2.24) is 9.97 Å². The minimum atomic E-state index is -1.06. The molecule has 1 atom stereocenters. The van der Waals surface area contributed by atoms with Gasteiger partial charge in [-0.3, -0.25) is 19.5 Å². The minimum Gasteiger partial charge on any atom is -0.507 e. The topological polar surface area (TPSA) is 128 Å². The van der Waals surface area contributed by atoms with Crippen LogP contribution in [0.25, 0.3) is 5.76 Å². The number of pyridine rings is 1. The van der Waals surface area contributed by atoms with Crippen molar-refractivity contribution in [1.29, 1.82) is 0 Å². The van der Waals surface area contributed by atoms with Crippen LogP contribution in [0.1, 0.15) is 59.7 Å². The van der Waals surface area contributed by atoms with Gasteiger partial charge in [0.15, 0.2) is 16.6 Å². The van der Waals surface area contributed by atoms with Gasteiger partial charge in [-0.15, -0.1) is 0 Å². The zero-order valence-electron chi connectivity index (χ0n) is 23.0. The highest BCUT2D eigenvalue weighted by molar-refractivity contribution is 7.17. The van der Waals surface area contributed by atoms with Gasteiger partial charge in [-0.05, 0) is 56.0 Å². The molecular formula is C29H31N3O7S. The Kier molecular flexibility index (Phi) is 8.83. The number of aromatic nitrogens is 2.